The van der Waals surface area contributed by atoms with Crippen LogP contribution in [-0.4, -0.2) is 35.2 Å². The second-order valence-corrected chi connectivity index (χ2v) is 6.50. The van der Waals surface area contributed by atoms with Crippen molar-refractivity contribution in [1.29, 1.82) is 0 Å². The van der Waals surface area contributed by atoms with E-state index in [2.05, 4.69) is 21.3 Å². The number of para-hydroxylation sites is 1. The topological polar surface area (TPSA) is 54.5 Å². The Labute approximate surface area is 149 Å². The standard InChI is InChI=1S/C20H25N3O2/c1-16(25-20(24)22-18-9-3-2-4-10-18)15-23-13-6-5-11-19(23)17-8-7-12-21-14-17/h2-4,7-10,12,14,16,19H,5-6,11,13,15H2,1H3,(H,22,24)/t16-,19+/m0/s1. The molecule has 132 valence electrons. The van der Waals surface area contributed by atoms with Gasteiger partial charge < -0.3 is 4.74 Å². The van der Waals surface area contributed by atoms with Gasteiger partial charge in [0.15, 0.2) is 0 Å². The SMILES string of the molecule is C[C@@H](CN1CCCC[C@@H]1c1cccnc1)OC(=O)Nc1ccccc1. The maximum atomic E-state index is 12.1. The predicted octanol–water partition coefficient (Wildman–Crippen LogP) is 4.25. The van der Waals surface area contributed by atoms with E-state index in [4.69, 9.17) is 4.74 Å². The first-order valence-corrected chi connectivity index (χ1v) is 8.89. The first-order valence-electron chi connectivity index (χ1n) is 8.89. The van der Waals surface area contributed by atoms with Crippen LogP contribution in [0.3, 0.4) is 0 Å². The third kappa shape index (κ3) is 5.03. The molecule has 0 radical (unpaired) electrons. The van der Waals surface area contributed by atoms with Crippen molar-refractivity contribution >= 4 is 11.8 Å². The Hall–Kier alpha value is -2.40. The van der Waals surface area contributed by atoms with E-state index < -0.39 is 6.09 Å². The number of nitrogens with zero attached hydrogens (tertiary/aromatic N) is 2. The van der Waals surface area contributed by atoms with E-state index in [9.17, 15) is 4.79 Å². The molecule has 1 aliphatic rings. The molecule has 1 amide bonds. The second-order valence-electron chi connectivity index (χ2n) is 6.50. The number of rotatable bonds is 5. The van der Waals surface area contributed by atoms with Crippen molar-refractivity contribution in [3.8, 4) is 0 Å². The Balaban J connectivity index is 1.55. The van der Waals surface area contributed by atoms with Crippen LogP contribution in [0.4, 0.5) is 10.5 Å². The molecule has 0 saturated carbocycles. The van der Waals surface area contributed by atoms with Crippen molar-refractivity contribution in [2.75, 3.05) is 18.4 Å². The van der Waals surface area contributed by atoms with E-state index >= 15 is 0 Å². The van der Waals surface area contributed by atoms with Gasteiger partial charge in [0.2, 0.25) is 0 Å². The van der Waals surface area contributed by atoms with Crippen molar-refractivity contribution in [1.82, 2.24) is 9.88 Å². The van der Waals surface area contributed by atoms with E-state index in [-0.39, 0.29) is 6.10 Å². The zero-order valence-corrected chi connectivity index (χ0v) is 14.6. The molecule has 0 aliphatic carbocycles. The number of amides is 1. The molecule has 2 heterocycles. The van der Waals surface area contributed by atoms with Gasteiger partial charge in [-0.25, -0.2) is 4.79 Å². The zero-order chi connectivity index (χ0) is 17.5. The minimum atomic E-state index is -0.409. The molecule has 0 spiro atoms. The van der Waals surface area contributed by atoms with Gasteiger partial charge in [-0.1, -0.05) is 30.7 Å². The molecular formula is C20H25N3O2. The van der Waals surface area contributed by atoms with Crippen LogP contribution in [0.1, 0.15) is 37.8 Å². The molecule has 0 bridgehead atoms. The lowest BCUT2D eigenvalue weighted by Gasteiger charge is -2.37. The van der Waals surface area contributed by atoms with Crippen LogP contribution >= 0.6 is 0 Å². The van der Waals surface area contributed by atoms with Gasteiger partial charge in [-0.15, -0.1) is 0 Å². The lowest BCUT2D eigenvalue weighted by Crippen LogP contribution is -2.39. The lowest BCUT2D eigenvalue weighted by molar-refractivity contribution is 0.0595. The summed E-state index contributed by atoms with van der Waals surface area (Å²) >= 11 is 0. The van der Waals surface area contributed by atoms with E-state index in [0.29, 0.717) is 6.04 Å². The number of nitrogens with one attached hydrogen (secondary N) is 1. The molecule has 1 aliphatic heterocycles. The van der Waals surface area contributed by atoms with E-state index in [0.717, 1.165) is 25.2 Å². The Morgan fingerprint density at radius 1 is 1.28 bits per heavy atom. The first-order chi connectivity index (χ1) is 12.2. The Morgan fingerprint density at radius 2 is 2.12 bits per heavy atom. The molecular weight excluding hydrogens is 314 g/mol. The minimum Gasteiger partial charge on any atom is -0.445 e. The highest BCUT2D eigenvalue weighted by Crippen LogP contribution is 2.30. The summed E-state index contributed by atoms with van der Waals surface area (Å²) in [6.45, 7) is 3.69. The number of hydrogen-bond donors (Lipinski definition) is 1. The van der Waals surface area contributed by atoms with Gasteiger partial charge >= 0.3 is 6.09 Å². The van der Waals surface area contributed by atoms with Gasteiger partial charge in [0.1, 0.15) is 6.10 Å². The molecule has 1 N–H and O–H groups in total. The largest absolute Gasteiger partial charge is 0.445 e. The van der Waals surface area contributed by atoms with E-state index in [1.165, 1.54) is 18.4 Å². The quantitative estimate of drug-likeness (QED) is 0.885. The highest BCUT2D eigenvalue weighted by Gasteiger charge is 2.26. The van der Waals surface area contributed by atoms with E-state index in [1.807, 2.05) is 49.5 Å². The number of carbonyl (C=O) groups excluding carboxylic acids is 1. The molecule has 0 unspecified atom stereocenters. The van der Waals surface area contributed by atoms with Crippen LogP contribution in [0.2, 0.25) is 0 Å². The molecule has 2 aromatic rings. The maximum Gasteiger partial charge on any atom is 0.411 e. The molecule has 5 nitrogen and oxygen atoms in total. The summed E-state index contributed by atoms with van der Waals surface area (Å²) in [7, 11) is 0. The van der Waals surface area contributed by atoms with Crippen molar-refractivity contribution in [3.63, 3.8) is 0 Å². The molecule has 5 heteroatoms. The molecule has 25 heavy (non-hydrogen) atoms. The molecule has 1 fully saturated rings. The number of anilines is 1. The van der Waals surface area contributed by atoms with Crippen molar-refractivity contribution in [3.05, 3.63) is 60.4 Å². The lowest BCUT2D eigenvalue weighted by atomic mass is 9.96. The number of carbonyl (C=O) groups is 1. The fourth-order valence-electron chi connectivity index (χ4n) is 3.38. The van der Waals surface area contributed by atoms with Crippen molar-refractivity contribution in [2.45, 2.75) is 38.3 Å². The summed E-state index contributed by atoms with van der Waals surface area (Å²) in [5.41, 5.74) is 1.98. The van der Waals surface area contributed by atoms with Crippen LogP contribution in [0.25, 0.3) is 0 Å². The number of benzene rings is 1. The second kappa shape index (κ2) is 8.62. The zero-order valence-electron chi connectivity index (χ0n) is 14.6. The monoisotopic (exact) mass is 339 g/mol. The number of pyridine rings is 1. The average molecular weight is 339 g/mol. The summed E-state index contributed by atoms with van der Waals surface area (Å²) in [5, 5.41) is 2.76. The van der Waals surface area contributed by atoms with Crippen LogP contribution in [0.5, 0.6) is 0 Å². The van der Waals surface area contributed by atoms with Gasteiger partial charge in [-0.05, 0) is 50.1 Å². The number of likely N-dealkylation sites (tertiary alicyclic amines) is 1. The predicted molar refractivity (Wildman–Crippen MR) is 98.4 cm³/mol. The number of hydrogen-bond acceptors (Lipinski definition) is 4. The van der Waals surface area contributed by atoms with Gasteiger partial charge in [-0.3, -0.25) is 15.2 Å². The Bertz CT molecular complexity index is 663. The fraction of sp³-hybridized carbons (Fsp3) is 0.400. The summed E-state index contributed by atoms with van der Waals surface area (Å²) in [6, 6.07) is 13.8. The van der Waals surface area contributed by atoms with Gasteiger partial charge in [0.05, 0.1) is 0 Å². The molecule has 3 rings (SSSR count). The summed E-state index contributed by atoms with van der Waals surface area (Å²) in [5.74, 6) is 0. The smallest absolute Gasteiger partial charge is 0.411 e. The van der Waals surface area contributed by atoms with Gasteiger partial charge in [0.25, 0.3) is 0 Å². The number of aromatic nitrogens is 1. The average Bonchev–Trinajstić information content (AvgIpc) is 2.63. The van der Waals surface area contributed by atoms with Crippen LogP contribution < -0.4 is 5.32 Å². The van der Waals surface area contributed by atoms with Crippen molar-refractivity contribution < 1.29 is 9.53 Å². The summed E-state index contributed by atoms with van der Waals surface area (Å²) in [4.78, 5) is 18.7. The summed E-state index contributed by atoms with van der Waals surface area (Å²) in [6.07, 6.45) is 6.68. The third-order valence-electron chi connectivity index (χ3n) is 4.50. The number of piperidine rings is 1. The maximum absolute atomic E-state index is 12.1. The highest BCUT2D eigenvalue weighted by atomic mass is 16.6. The summed E-state index contributed by atoms with van der Waals surface area (Å²) < 4.78 is 5.53. The molecule has 2 atom stereocenters. The number of ether oxygens (including phenoxy) is 1. The van der Waals surface area contributed by atoms with Gasteiger partial charge in [-0.2, -0.15) is 0 Å². The first kappa shape index (κ1) is 17.4. The minimum absolute atomic E-state index is 0.180. The molecule has 1 saturated heterocycles. The van der Waals surface area contributed by atoms with Gasteiger partial charge in [0, 0.05) is 30.7 Å². The Kier molecular flexibility index (Phi) is 6.01. The Morgan fingerprint density at radius 3 is 2.88 bits per heavy atom. The third-order valence-corrected chi connectivity index (χ3v) is 4.50. The fourth-order valence-corrected chi connectivity index (χ4v) is 3.38. The van der Waals surface area contributed by atoms with Crippen LogP contribution in [0.15, 0.2) is 54.9 Å². The van der Waals surface area contributed by atoms with E-state index in [1.54, 1.807) is 6.20 Å². The molecule has 1 aromatic carbocycles. The highest BCUT2D eigenvalue weighted by molar-refractivity contribution is 5.84. The normalized spacial score (nSPS) is 19.2. The molecule has 1 aromatic heterocycles. The van der Waals surface area contributed by atoms with Crippen molar-refractivity contribution in [2.24, 2.45) is 0 Å². The van der Waals surface area contributed by atoms with Crippen LogP contribution in [0, 0.1) is 0 Å². The van der Waals surface area contributed by atoms with Crippen LogP contribution in [-0.2, 0) is 4.74 Å².